The molecule has 3 rings (SSSR count). The van der Waals surface area contributed by atoms with Crippen molar-refractivity contribution < 1.29 is 28.6 Å². The maximum Gasteiger partial charge on any atom is 0.337 e. The Bertz CT molecular complexity index is 1040. The van der Waals surface area contributed by atoms with Gasteiger partial charge in [-0.3, -0.25) is 4.79 Å². The number of hydrazone groups is 1. The van der Waals surface area contributed by atoms with E-state index < -0.39 is 23.7 Å². The zero-order chi connectivity index (χ0) is 21.8. The van der Waals surface area contributed by atoms with E-state index in [-0.39, 0.29) is 17.9 Å². The molecule has 1 unspecified atom stereocenters. The van der Waals surface area contributed by atoms with Gasteiger partial charge >= 0.3 is 11.9 Å². The molecule has 0 radical (unpaired) electrons. The number of carbonyl (C=O) groups is 3. The Hall–Kier alpha value is -3.81. The number of benzene rings is 2. The van der Waals surface area contributed by atoms with Gasteiger partial charge in [0.2, 0.25) is 0 Å². The summed E-state index contributed by atoms with van der Waals surface area (Å²) in [5.74, 6) is -3.21. The predicted molar refractivity (Wildman–Crippen MR) is 108 cm³/mol. The van der Waals surface area contributed by atoms with Crippen LogP contribution in [-0.2, 0) is 14.3 Å². The summed E-state index contributed by atoms with van der Waals surface area (Å²) in [4.78, 5) is 36.1. The van der Waals surface area contributed by atoms with Crippen LogP contribution in [0.4, 0.5) is 10.1 Å². The number of rotatable bonds is 6. The van der Waals surface area contributed by atoms with Crippen LogP contribution in [0.3, 0.4) is 0 Å². The van der Waals surface area contributed by atoms with Gasteiger partial charge in [-0.05, 0) is 61.4 Å². The van der Waals surface area contributed by atoms with Crippen molar-refractivity contribution in [3.8, 4) is 0 Å². The van der Waals surface area contributed by atoms with Crippen LogP contribution in [-0.4, -0.2) is 35.8 Å². The number of carboxylic acid groups (broad SMARTS) is 1. The van der Waals surface area contributed by atoms with Crippen molar-refractivity contribution in [3.63, 3.8) is 0 Å². The highest BCUT2D eigenvalue weighted by Gasteiger charge is 2.35. The summed E-state index contributed by atoms with van der Waals surface area (Å²) in [5, 5.41) is 15.0. The number of halogens is 1. The second kappa shape index (κ2) is 8.69. The number of hydrogen-bond acceptors (Lipinski definition) is 5. The van der Waals surface area contributed by atoms with Gasteiger partial charge in [-0.15, -0.1) is 0 Å². The van der Waals surface area contributed by atoms with E-state index in [4.69, 9.17) is 0 Å². The van der Waals surface area contributed by atoms with Gasteiger partial charge in [0.15, 0.2) is 0 Å². The zero-order valence-corrected chi connectivity index (χ0v) is 16.3. The molecule has 2 aromatic carbocycles. The Morgan fingerprint density at radius 2 is 1.80 bits per heavy atom. The van der Waals surface area contributed by atoms with E-state index >= 15 is 0 Å². The fourth-order valence-corrected chi connectivity index (χ4v) is 3.07. The lowest BCUT2D eigenvalue weighted by atomic mass is 9.93. The normalized spacial score (nSPS) is 16.4. The van der Waals surface area contributed by atoms with Crippen LogP contribution in [0.5, 0.6) is 0 Å². The minimum absolute atomic E-state index is 0.0228. The number of aliphatic carboxylic acids is 1. The van der Waals surface area contributed by atoms with Crippen molar-refractivity contribution in [2.75, 3.05) is 12.1 Å². The van der Waals surface area contributed by atoms with Crippen LogP contribution >= 0.6 is 0 Å². The highest BCUT2D eigenvalue weighted by molar-refractivity contribution is 6.15. The number of carboxylic acids is 1. The Balaban J connectivity index is 1.81. The molecule has 7 nitrogen and oxygen atoms in total. The lowest BCUT2D eigenvalue weighted by Crippen LogP contribution is -2.28. The Morgan fingerprint density at radius 1 is 1.17 bits per heavy atom. The van der Waals surface area contributed by atoms with Crippen LogP contribution in [0, 0.1) is 11.7 Å². The average Bonchev–Trinajstić information content (AvgIpc) is 3.01. The molecule has 0 spiro atoms. The second-order valence-electron chi connectivity index (χ2n) is 6.71. The van der Waals surface area contributed by atoms with E-state index in [1.165, 1.54) is 49.6 Å². The molecule has 1 atom stereocenters. The fourth-order valence-electron chi connectivity index (χ4n) is 3.07. The summed E-state index contributed by atoms with van der Waals surface area (Å²) in [6, 6.07) is 11.6. The van der Waals surface area contributed by atoms with Gasteiger partial charge in [-0.2, -0.15) is 5.10 Å². The molecule has 0 bridgehead atoms. The van der Waals surface area contributed by atoms with E-state index in [1.807, 2.05) is 0 Å². The van der Waals surface area contributed by atoms with Crippen molar-refractivity contribution in [1.82, 2.24) is 0 Å². The summed E-state index contributed by atoms with van der Waals surface area (Å²) in [7, 11) is 1.27. The first kappa shape index (κ1) is 20.9. The fraction of sp³-hybridized carbons (Fsp3) is 0.182. The Kier molecular flexibility index (Phi) is 6.06. The van der Waals surface area contributed by atoms with Gasteiger partial charge in [0.1, 0.15) is 5.82 Å². The van der Waals surface area contributed by atoms with Crippen molar-refractivity contribution >= 4 is 35.3 Å². The van der Waals surface area contributed by atoms with Crippen LogP contribution in [0.25, 0.3) is 6.08 Å². The SMILES string of the molecule is COC(=O)c1ccc(/C=C(/CC2C(=O)N(c3ccc(F)cc3)N=C2C)C(=O)O)cc1. The smallest absolute Gasteiger partial charge is 0.337 e. The molecule has 0 fully saturated rings. The maximum absolute atomic E-state index is 13.1. The van der Waals surface area contributed by atoms with Crippen molar-refractivity contribution in [1.29, 1.82) is 0 Å². The first-order valence-electron chi connectivity index (χ1n) is 9.07. The minimum atomic E-state index is -1.16. The van der Waals surface area contributed by atoms with Crippen LogP contribution in [0.15, 0.2) is 59.2 Å². The molecule has 30 heavy (non-hydrogen) atoms. The van der Waals surface area contributed by atoms with Crippen molar-refractivity contribution in [3.05, 3.63) is 71.0 Å². The molecule has 2 aromatic rings. The van der Waals surface area contributed by atoms with Gasteiger partial charge in [0, 0.05) is 11.3 Å². The summed E-state index contributed by atoms with van der Waals surface area (Å²) >= 11 is 0. The summed E-state index contributed by atoms with van der Waals surface area (Å²) in [6.45, 7) is 1.65. The predicted octanol–water partition coefficient (Wildman–Crippen LogP) is 3.51. The molecule has 1 heterocycles. The van der Waals surface area contributed by atoms with Gasteiger partial charge < -0.3 is 9.84 Å². The largest absolute Gasteiger partial charge is 0.478 e. The van der Waals surface area contributed by atoms with Crippen LogP contribution in [0.1, 0.15) is 29.3 Å². The number of nitrogens with zero attached hydrogens (tertiary/aromatic N) is 2. The number of amides is 1. The van der Waals surface area contributed by atoms with Gasteiger partial charge in [0.05, 0.1) is 24.3 Å². The zero-order valence-electron chi connectivity index (χ0n) is 16.3. The van der Waals surface area contributed by atoms with Crippen molar-refractivity contribution in [2.45, 2.75) is 13.3 Å². The van der Waals surface area contributed by atoms with Crippen LogP contribution in [0.2, 0.25) is 0 Å². The number of anilines is 1. The quantitative estimate of drug-likeness (QED) is 0.581. The molecule has 8 heteroatoms. The van der Waals surface area contributed by atoms with Crippen molar-refractivity contribution in [2.24, 2.45) is 11.0 Å². The van der Waals surface area contributed by atoms with E-state index in [0.717, 1.165) is 5.01 Å². The molecule has 1 aliphatic heterocycles. The highest BCUT2D eigenvalue weighted by atomic mass is 19.1. The lowest BCUT2D eigenvalue weighted by Gasteiger charge is -2.14. The third-order valence-corrected chi connectivity index (χ3v) is 4.71. The average molecular weight is 410 g/mol. The van der Waals surface area contributed by atoms with Gasteiger partial charge in [-0.1, -0.05) is 12.1 Å². The minimum Gasteiger partial charge on any atom is -0.478 e. The molecule has 0 saturated heterocycles. The number of ether oxygens (including phenoxy) is 1. The third kappa shape index (κ3) is 4.43. The maximum atomic E-state index is 13.1. The second-order valence-corrected chi connectivity index (χ2v) is 6.71. The number of carbonyl (C=O) groups excluding carboxylic acids is 2. The molecule has 1 N–H and O–H groups in total. The van der Waals surface area contributed by atoms with Gasteiger partial charge in [0.25, 0.3) is 5.91 Å². The molecule has 1 amide bonds. The lowest BCUT2D eigenvalue weighted by molar-refractivity contribution is -0.132. The number of methoxy groups -OCH3 is 1. The van der Waals surface area contributed by atoms with Crippen LogP contribution < -0.4 is 5.01 Å². The monoisotopic (exact) mass is 410 g/mol. The summed E-state index contributed by atoms with van der Waals surface area (Å²) in [5.41, 5.74) is 1.81. The molecule has 0 aliphatic carbocycles. The first-order chi connectivity index (χ1) is 14.3. The topological polar surface area (TPSA) is 96.3 Å². The molecular formula is C22H19FN2O5. The molecular weight excluding hydrogens is 391 g/mol. The van der Waals surface area contributed by atoms with E-state index in [0.29, 0.717) is 22.5 Å². The Labute approximate surface area is 172 Å². The molecule has 0 aromatic heterocycles. The summed E-state index contributed by atoms with van der Waals surface area (Å²) < 4.78 is 17.8. The summed E-state index contributed by atoms with van der Waals surface area (Å²) in [6.07, 6.45) is 1.39. The number of hydrogen-bond donors (Lipinski definition) is 1. The highest BCUT2D eigenvalue weighted by Crippen LogP contribution is 2.28. The third-order valence-electron chi connectivity index (χ3n) is 4.71. The molecule has 154 valence electrons. The number of esters is 1. The van der Waals surface area contributed by atoms with Gasteiger partial charge in [-0.25, -0.2) is 19.0 Å². The standard InChI is InChI=1S/C22H19FN2O5/c1-13-19(20(26)25(24-13)18-9-7-17(23)8-10-18)12-16(21(27)28)11-14-3-5-15(6-4-14)22(29)30-2/h3-11,19H,12H2,1-2H3,(H,27,28)/b16-11-. The van der Waals surface area contributed by atoms with E-state index in [2.05, 4.69) is 9.84 Å². The van der Waals surface area contributed by atoms with E-state index in [9.17, 15) is 23.9 Å². The molecule has 0 saturated carbocycles. The Morgan fingerprint density at radius 3 is 2.37 bits per heavy atom. The first-order valence-corrected chi connectivity index (χ1v) is 9.07. The molecule has 1 aliphatic rings. The van der Waals surface area contributed by atoms with E-state index in [1.54, 1.807) is 19.1 Å².